The van der Waals surface area contributed by atoms with Gasteiger partial charge in [0.15, 0.2) is 0 Å². The van der Waals surface area contributed by atoms with Crippen molar-refractivity contribution in [3.05, 3.63) is 68.7 Å². The van der Waals surface area contributed by atoms with Crippen molar-refractivity contribution in [2.75, 3.05) is 0 Å². The number of carbonyl (C=O) groups is 2. The lowest BCUT2D eigenvalue weighted by Gasteiger charge is -2.22. The summed E-state index contributed by atoms with van der Waals surface area (Å²) in [5, 5.41) is 4.10. The minimum atomic E-state index is -1.16. The van der Waals surface area contributed by atoms with Crippen molar-refractivity contribution in [3.8, 4) is 0 Å². The molecule has 0 aliphatic carbocycles. The SMILES string of the molecule is C[C@]1(c2ccc(Cl)cc2)NC(=O)N(Cc2c(Cl)cccc2Cl)C1=O. The highest BCUT2D eigenvalue weighted by atomic mass is 35.5. The van der Waals surface area contributed by atoms with E-state index in [9.17, 15) is 9.59 Å². The Hall–Kier alpha value is -1.75. The number of hydrogen-bond donors (Lipinski definition) is 1. The molecule has 0 saturated carbocycles. The van der Waals surface area contributed by atoms with Crippen LogP contribution in [0.1, 0.15) is 18.1 Å². The van der Waals surface area contributed by atoms with Crippen LogP contribution in [0.5, 0.6) is 0 Å². The highest BCUT2D eigenvalue weighted by Crippen LogP contribution is 2.33. The summed E-state index contributed by atoms with van der Waals surface area (Å²) < 4.78 is 0. The van der Waals surface area contributed by atoms with Crippen LogP contribution >= 0.6 is 34.8 Å². The average Bonchev–Trinajstić information content (AvgIpc) is 2.75. The van der Waals surface area contributed by atoms with Gasteiger partial charge in [-0.2, -0.15) is 0 Å². The van der Waals surface area contributed by atoms with Crippen molar-refractivity contribution in [3.63, 3.8) is 0 Å². The molecular formula is C17H13Cl3N2O2. The first-order valence-electron chi connectivity index (χ1n) is 7.16. The maximum atomic E-state index is 12.9. The molecule has 0 aromatic heterocycles. The number of nitrogens with one attached hydrogen (secondary N) is 1. The van der Waals surface area contributed by atoms with E-state index in [0.29, 0.717) is 26.2 Å². The summed E-state index contributed by atoms with van der Waals surface area (Å²) >= 11 is 18.2. The van der Waals surface area contributed by atoms with Gasteiger partial charge < -0.3 is 5.32 Å². The summed E-state index contributed by atoms with van der Waals surface area (Å²) in [4.78, 5) is 26.3. The van der Waals surface area contributed by atoms with Crippen molar-refractivity contribution in [1.29, 1.82) is 0 Å². The molecule has 0 radical (unpaired) electrons. The van der Waals surface area contributed by atoms with Gasteiger partial charge in [-0.25, -0.2) is 4.79 Å². The van der Waals surface area contributed by atoms with Crippen molar-refractivity contribution in [2.45, 2.75) is 19.0 Å². The van der Waals surface area contributed by atoms with Gasteiger partial charge in [0.05, 0.1) is 6.54 Å². The molecule has 2 aromatic rings. The first-order valence-corrected chi connectivity index (χ1v) is 8.29. The molecule has 7 heteroatoms. The van der Waals surface area contributed by atoms with Gasteiger partial charge in [0.1, 0.15) is 5.54 Å². The molecule has 4 nitrogen and oxygen atoms in total. The van der Waals surface area contributed by atoms with Gasteiger partial charge in [0.25, 0.3) is 5.91 Å². The summed E-state index contributed by atoms with van der Waals surface area (Å²) in [7, 11) is 0. The maximum absolute atomic E-state index is 12.9. The highest BCUT2D eigenvalue weighted by molar-refractivity contribution is 6.36. The fourth-order valence-electron chi connectivity index (χ4n) is 2.66. The number of urea groups is 1. The van der Waals surface area contributed by atoms with E-state index in [4.69, 9.17) is 34.8 Å². The Labute approximate surface area is 154 Å². The Balaban J connectivity index is 1.93. The Morgan fingerprint density at radius 1 is 1.00 bits per heavy atom. The summed E-state index contributed by atoms with van der Waals surface area (Å²) in [5.74, 6) is -0.370. The van der Waals surface area contributed by atoms with E-state index < -0.39 is 11.6 Å². The molecule has 3 amide bonds. The van der Waals surface area contributed by atoms with Crippen molar-refractivity contribution in [2.24, 2.45) is 0 Å². The predicted octanol–water partition coefficient (Wildman–Crippen LogP) is 4.61. The molecule has 0 bridgehead atoms. The largest absolute Gasteiger partial charge is 0.325 e. The Morgan fingerprint density at radius 2 is 1.58 bits per heavy atom. The second-order valence-electron chi connectivity index (χ2n) is 5.65. The molecule has 1 heterocycles. The van der Waals surface area contributed by atoms with Crippen LogP contribution in [0.4, 0.5) is 4.79 Å². The molecule has 1 fully saturated rings. The van der Waals surface area contributed by atoms with Crippen molar-refractivity contribution < 1.29 is 9.59 Å². The molecule has 0 unspecified atom stereocenters. The molecular weight excluding hydrogens is 371 g/mol. The van der Waals surface area contributed by atoms with Gasteiger partial charge in [0, 0.05) is 20.6 Å². The van der Waals surface area contributed by atoms with E-state index in [1.54, 1.807) is 49.4 Å². The van der Waals surface area contributed by atoms with Crippen LogP contribution in [0.2, 0.25) is 15.1 Å². The summed E-state index contributed by atoms with van der Waals surface area (Å²) in [6, 6.07) is 11.3. The first-order chi connectivity index (χ1) is 11.3. The maximum Gasteiger partial charge on any atom is 0.325 e. The number of nitrogens with zero attached hydrogens (tertiary/aromatic N) is 1. The zero-order valence-electron chi connectivity index (χ0n) is 12.6. The molecule has 1 aliphatic rings. The van der Waals surface area contributed by atoms with E-state index in [0.717, 1.165) is 4.90 Å². The fourth-order valence-corrected chi connectivity index (χ4v) is 3.30. The number of amides is 3. The quantitative estimate of drug-likeness (QED) is 0.787. The fraction of sp³-hybridized carbons (Fsp3) is 0.176. The first kappa shape index (κ1) is 17.1. The zero-order valence-corrected chi connectivity index (χ0v) is 14.9. The minimum absolute atomic E-state index is 0.00630. The second-order valence-corrected chi connectivity index (χ2v) is 6.90. The molecule has 1 saturated heterocycles. The molecule has 2 aromatic carbocycles. The Morgan fingerprint density at radius 3 is 2.17 bits per heavy atom. The topological polar surface area (TPSA) is 49.4 Å². The van der Waals surface area contributed by atoms with Crippen LogP contribution in [-0.4, -0.2) is 16.8 Å². The van der Waals surface area contributed by atoms with Crippen LogP contribution in [0.3, 0.4) is 0 Å². The third-order valence-corrected chi connectivity index (χ3v) is 5.03. The number of carbonyl (C=O) groups excluding carboxylic acids is 2. The third kappa shape index (κ3) is 2.86. The number of halogens is 3. The number of benzene rings is 2. The summed E-state index contributed by atoms with van der Waals surface area (Å²) in [5.41, 5.74) is 0.0257. The molecule has 1 N–H and O–H groups in total. The minimum Gasteiger partial charge on any atom is -0.319 e. The number of imide groups is 1. The van der Waals surface area contributed by atoms with Gasteiger partial charge in [-0.1, -0.05) is 53.0 Å². The van der Waals surface area contributed by atoms with Crippen molar-refractivity contribution >= 4 is 46.7 Å². The number of hydrogen-bond acceptors (Lipinski definition) is 2. The lowest BCUT2D eigenvalue weighted by atomic mass is 9.92. The van der Waals surface area contributed by atoms with Crippen LogP contribution < -0.4 is 5.32 Å². The van der Waals surface area contributed by atoms with E-state index >= 15 is 0 Å². The standard InChI is InChI=1S/C17H13Cl3N2O2/c1-17(10-5-7-11(18)8-6-10)15(23)22(16(24)21-17)9-12-13(19)3-2-4-14(12)20/h2-8H,9H2,1H3,(H,21,24)/t17-/m1/s1. The predicted molar refractivity (Wildman–Crippen MR) is 94.3 cm³/mol. The Bertz CT molecular complexity index is 803. The average molecular weight is 384 g/mol. The van der Waals surface area contributed by atoms with E-state index in [1.165, 1.54) is 0 Å². The molecule has 1 atom stereocenters. The molecule has 124 valence electrons. The summed E-state index contributed by atoms with van der Waals surface area (Å²) in [6.07, 6.45) is 0. The number of rotatable bonds is 3. The van der Waals surface area contributed by atoms with Crippen LogP contribution in [-0.2, 0) is 16.9 Å². The van der Waals surface area contributed by atoms with Crippen LogP contribution in [0.15, 0.2) is 42.5 Å². The Kier molecular flexibility index (Phi) is 4.47. The van der Waals surface area contributed by atoms with E-state index in [1.807, 2.05) is 0 Å². The normalized spacial score (nSPS) is 20.4. The van der Waals surface area contributed by atoms with Gasteiger partial charge in [-0.3, -0.25) is 9.69 Å². The highest BCUT2D eigenvalue weighted by Gasteiger charge is 2.49. The van der Waals surface area contributed by atoms with Crippen LogP contribution in [0, 0.1) is 0 Å². The molecule has 1 aliphatic heterocycles. The molecule has 24 heavy (non-hydrogen) atoms. The second kappa shape index (κ2) is 6.28. The van der Waals surface area contributed by atoms with E-state index in [2.05, 4.69) is 5.32 Å². The lowest BCUT2D eigenvalue weighted by molar-refractivity contribution is -0.131. The zero-order chi connectivity index (χ0) is 17.5. The van der Waals surface area contributed by atoms with Crippen LogP contribution in [0.25, 0.3) is 0 Å². The smallest absolute Gasteiger partial charge is 0.319 e. The van der Waals surface area contributed by atoms with Gasteiger partial charge >= 0.3 is 6.03 Å². The summed E-state index contributed by atoms with van der Waals surface area (Å²) in [6.45, 7) is 1.66. The van der Waals surface area contributed by atoms with Gasteiger partial charge in [-0.05, 0) is 36.8 Å². The lowest BCUT2D eigenvalue weighted by Crippen LogP contribution is -2.40. The third-order valence-electron chi connectivity index (χ3n) is 4.07. The van der Waals surface area contributed by atoms with Gasteiger partial charge in [-0.15, -0.1) is 0 Å². The molecule has 3 rings (SSSR count). The van der Waals surface area contributed by atoms with Gasteiger partial charge in [0.2, 0.25) is 0 Å². The van der Waals surface area contributed by atoms with E-state index in [-0.39, 0.29) is 12.5 Å². The van der Waals surface area contributed by atoms with Crippen molar-refractivity contribution in [1.82, 2.24) is 10.2 Å². The monoisotopic (exact) mass is 382 g/mol. The molecule has 0 spiro atoms.